The van der Waals surface area contributed by atoms with Gasteiger partial charge in [-0.25, -0.2) is 0 Å². The Bertz CT molecular complexity index is 531. The first-order valence-electron chi connectivity index (χ1n) is 8.10. The highest BCUT2D eigenvalue weighted by Crippen LogP contribution is 2.24. The molecule has 1 aromatic carbocycles. The number of amides is 1. The number of nitrogens with zero attached hydrogens (tertiary/aromatic N) is 1. The Kier molecular flexibility index (Phi) is 5.24. The zero-order chi connectivity index (χ0) is 16.4. The highest BCUT2D eigenvalue weighted by Gasteiger charge is 2.31. The number of nitrogens with one attached hydrogen (secondary N) is 1. The molecule has 0 aromatic heterocycles. The summed E-state index contributed by atoms with van der Waals surface area (Å²) in [4.78, 5) is 14.7. The summed E-state index contributed by atoms with van der Waals surface area (Å²) in [6.07, 6.45) is 0.652. The van der Waals surface area contributed by atoms with E-state index in [2.05, 4.69) is 29.3 Å². The Labute approximate surface area is 133 Å². The van der Waals surface area contributed by atoms with E-state index in [-0.39, 0.29) is 24.0 Å². The number of benzene rings is 1. The van der Waals surface area contributed by atoms with Gasteiger partial charge in [0.1, 0.15) is 0 Å². The highest BCUT2D eigenvalue weighted by molar-refractivity contribution is 5.96. The number of anilines is 1. The number of aliphatic hydroxyl groups excluding tert-OH is 1. The van der Waals surface area contributed by atoms with Gasteiger partial charge in [-0.15, -0.1) is 0 Å². The van der Waals surface area contributed by atoms with Crippen molar-refractivity contribution in [3.63, 3.8) is 0 Å². The number of aliphatic hydroxyl groups is 1. The van der Waals surface area contributed by atoms with Crippen LogP contribution in [0, 0.1) is 26.7 Å². The van der Waals surface area contributed by atoms with Crippen molar-refractivity contribution in [3.8, 4) is 0 Å². The normalized spacial score (nSPS) is 21.6. The molecule has 2 rings (SSSR count). The molecule has 1 heterocycles. The van der Waals surface area contributed by atoms with E-state index in [9.17, 15) is 9.90 Å². The second-order valence-electron chi connectivity index (χ2n) is 6.72. The molecule has 1 aliphatic rings. The predicted octanol–water partition coefficient (Wildman–Crippen LogP) is 2.64. The summed E-state index contributed by atoms with van der Waals surface area (Å²) in [6, 6.07) is 4.00. The number of rotatable bonds is 4. The summed E-state index contributed by atoms with van der Waals surface area (Å²) in [5.41, 5.74) is 4.33. The van der Waals surface area contributed by atoms with E-state index >= 15 is 0 Å². The predicted molar refractivity (Wildman–Crippen MR) is 90.1 cm³/mol. The molecule has 0 radical (unpaired) electrons. The van der Waals surface area contributed by atoms with E-state index in [1.807, 2.05) is 27.7 Å². The van der Waals surface area contributed by atoms with Crippen LogP contribution >= 0.6 is 0 Å². The van der Waals surface area contributed by atoms with Crippen LogP contribution in [0.25, 0.3) is 0 Å². The lowest BCUT2D eigenvalue weighted by Gasteiger charge is -2.25. The van der Waals surface area contributed by atoms with Crippen molar-refractivity contribution in [1.29, 1.82) is 0 Å². The molecule has 0 saturated carbocycles. The van der Waals surface area contributed by atoms with Crippen molar-refractivity contribution >= 4 is 11.6 Å². The molecule has 1 amide bonds. The maximum atomic E-state index is 12.6. The van der Waals surface area contributed by atoms with Gasteiger partial charge in [0.05, 0.1) is 12.1 Å². The van der Waals surface area contributed by atoms with Crippen LogP contribution in [-0.4, -0.2) is 41.1 Å². The van der Waals surface area contributed by atoms with Crippen molar-refractivity contribution in [2.45, 2.75) is 53.2 Å². The minimum absolute atomic E-state index is 0.0290. The van der Waals surface area contributed by atoms with Crippen molar-refractivity contribution in [2.75, 3.05) is 18.4 Å². The minimum atomic E-state index is -0.304. The van der Waals surface area contributed by atoms with Crippen molar-refractivity contribution in [3.05, 3.63) is 28.8 Å². The third-order valence-corrected chi connectivity index (χ3v) is 4.79. The number of hydrogen-bond acceptors (Lipinski definition) is 3. The largest absolute Gasteiger partial charge is 0.393 e. The second kappa shape index (κ2) is 6.80. The summed E-state index contributed by atoms with van der Waals surface area (Å²) in [5, 5.41) is 12.8. The summed E-state index contributed by atoms with van der Waals surface area (Å²) >= 11 is 0. The maximum absolute atomic E-state index is 12.6. The number of carbonyl (C=O) groups is 1. The molecular formula is C18H28N2O2. The van der Waals surface area contributed by atoms with Gasteiger partial charge in [-0.1, -0.05) is 17.7 Å². The van der Waals surface area contributed by atoms with Crippen LogP contribution in [0.15, 0.2) is 12.1 Å². The lowest BCUT2D eigenvalue weighted by atomic mass is 10.0. The SMILES string of the molecule is Cc1cc(C)c(NC(=O)C(C)N2CCC(C(C)O)C2)c(C)c1. The Morgan fingerprint density at radius 1 is 1.27 bits per heavy atom. The number of hydrogen-bond donors (Lipinski definition) is 2. The molecule has 1 saturated heterocycles. The standard InChI is InChI=1S/C18H28N2O2/c1-11-8-12(2)17(13(3)9-11)19-18(22)14(4)20-7-6-16(10-20)15(5)21/h8-9,14-16,21H,6-7,10H2,1-5H3,(H,19,22). The Balaban J connectivity index is 2.04. The summed E-state index contributed by atoms with van der Waals surface area (Å²) in [6.45, 7) is 11.6. The first-order chi connectivity index (χ1) is 10.3. The van der Waals surface area contributed by atoms with Crippen LogP contribution in [0.1, 0.15) is 37.0 Å². The van der Waals surface area contributed by atoms with Crippen molar-refractivity contribution in [2.24, 2.45) is 5.92 Å². The molecule has 4 heteroatoms. The van der Waals surface area contributed by atoms with Gasteiger partial charge in [0.2, 0.25) is 5.91 Å². The highest BCUT2D eigenvalue weighted by atomic mass is 16.3. The van der Waals surface area contributed by atoms with Gasteiger partial charge >= 0.3 is 0 Å². The maximum Gasteiger partial charge on any atom is 0.241 e. The van der Waals surface area contributed by atoms with E-state index in [0.29, 0.717) is 0 Å². The zero-order valence-electron chi connectivity index (χ0n) is 14.3. The van der Waals surface area contributed by atoms with Gasteiger partial charge < -0.3 is 10.4 Å². The molecule has 122 valence electrons. The number of likely N-dealkylation sites (tertiary alicyclic amines) is 1. The molecule has 0 bridgehead atoms. The van der Waals surface area contributed by atoms with Crippen LogP contribution in [0.3, 0.4) is 0 Å². The number of aryl methyl sites for hydroxylation is 3. The van der Waals surface area contributed by atoms with E-state index in [1.54, 1.807) is 0 Å². The third-order valence-electron chi connectivity index (χ3n) is 4.79. The third kappa shape index (κ3) is 3.68. The minimum Gasteiger partial charge on any atom is -0.393 e. The van der Waals surface area contributed by atoms with Crippen molar-refractivity contribution in [1.82, 2.24) is 4.90 Å². The Morgan fingerprint density at radius 3 is 2.36 bits per heavy atom. The average Bonchev–Trinajstić information content (AvgIpc) is 2.91. The molecule has 0 spiro atoms. The summed E-state index contributed by atoms with van der Waals surface area (Å²) in [5.74, 6) is 0.305. The van der Waals surface area contributed by atoms with E-state index in [1.165, 1.54) is 5.56 Å². The number of carbonyl (C=O) groups excluding carboxylic acids is 1. The van der Waals surface area contributed by atoms with Gasteiger partial charge in [-0.05, 0) is 64.6 Å². The molecule has 0 aliphatic carbocycles. The van der Waals surface area contributed by atoms with Crippen molar-refractivity contribution < 1.29 is 9.90 Å². The molecule has 4 nitrogen and oxygen atoms in total. The van der Waals surface area contributed by atoms with Gasteiger partial charge in [-0.3, -0.25) is 9.69 Å². The van der Waals surface area contributed by atoms with E-state index in [0.717, 1.165) is 36.3 Å². The fourth-order valence-electron chi connectivity index (χ4n) is 3.33. The van der Waals surface area contributed by atoms with Crippen LogP contribution in [0.4, 0.5) is 5.69 Å². The second-order valence-corrected chi connectivity index (χ2v) is 6.72. The Morgan fingerprint density at radius 2 is 1.86 bits per heavy atom. The molecule has 3 atom stereocenters. The first-order valence-corrected chi connectivity index (χ1v) is 8.10. The topological polar surface area (TPSA) is 52.6 Å². The molecular weight excluding hydrogens is 276 g/mol. The summed E-state index contributed by atoms with van der Waals surface area (Å²) in [7, 11) is 0. The smallest absolute Gasteiger partial charge is 0.241 e. The van der Waals surface area contributed by atoms with Gasteiger partial charge in [0.15, 0.2) is 0 Å². The van der Waals surface area contributed by atoms with Crippen LogP contribution in [-0.2, 0) is 4.79 Å². The fraction of sp³-hybridized carbons (Fsp3) is 0.611. The molecule has 1 aliphatic heterocycles. The monoisotopic (exact) mass is 304 g/mol. The van der Waals surface area contributed by atoms with Crippen LogP contribution in [0.2, 0.25) is 0 Å². The van der Waals surface area contributed by atoms with E-state index in [4.69, 9.17) is 0 Å². The molecule has 2 N–H and O–H groups in total. The van der Waals surface area contributed by atoms with Gasteiger partial charge in [-0.2, -0.15) is 0 Å². The first kappa shape index (κ1) is 17.0. The molecule has 3 unspecified atom stereocenters. The lowest BCUT2D eigenvalue weighted by molar-refractivity contribution is -0.120. The average molecular weight is 304 g/mol. The van der Waals surface area contributed by atoms with Crippen LogP contribution < -0.4 is 5.32 Å². The van der Waals surface area contributed by atoms with Crippen LogP contribution in [0.5, 0.6) is 0 Å². The molecule has 1 aromatic rings. The fourth-order valence-corrected chi connectivity index (χ4v) is 3.33. The quantitative estimate of drug-likeness (QED) is 0.899. The lowest BCUT2D eigenvalue weighted by Crippen LogP contribution is -2.41. The van der Waals surface area contributed by atoms with E-state index < -0.39 is 0 Å². The Hall–Kier alpha value is -1.39. The molecule has 22 heavy (non-hydrogen) atoms. The van der Waals surface area contributed by atoms with Gasteiger partial charge in [0, 0.05) is 12.2 Å². The molecule has 1 fully saturated rings. The van der Waals surface area contributed by atoms with Gasteiger partial charge in [0.25, 0.3) is 0 Å². The summed E-state index contributed by atoms with van der Waals surface area (Å²) < 4.78 is 0. The zero-order valence-corrected chi connectivity index (χ0v) is 14.3.